The first kappa shape index (κ1) is 14.0. The first-order valence-electron chi connectivity index (χ1n) is 7.33. The SMILES string of the molecule is O=C(NCCc1ccc2c(c1)OCO2)NC[C@@H]1CCCO1. The molecule has 1 saturated heterocycles. The molecule has 1 fully saturated rings. The molecule has 2 N–H and O–H groups in total. The summed E-state index contributed by atoms with van der Waals surface area (Å²) in [6.45, 7) is 2.24. The van der Waals surface area contributed by atoms with Gasteiger partial charge in [-0.15, -0.1) is 0 Å². The van der Waals surface area contributed by atoms with Crippen LogP contribution in [0.4, 0.5) is 4.79 Å². The average Bonchev–Trinajstić information content (AvgIpc) is 3.16. The van der Waals surface area contributed by atoms with E-state index in [0.717, 1.165) is 42.9 Å². The number of hydrogen-bond acceptors (Lipinski definition) is 4. The Morgan fingerprint density at radius 1 is 1.24 bits per heavy atom. The number of nitrogens with one attached hydrogen (secondary N) is 2. The van der Waals surface area contributed by atoms with E-state index in [1.165, 1.54) is 0 Å². The largest absolute Gasteiger partial charge is 0.454 e. The van der Waals surface area contributed by atoms with Crippen molar-refractivity contribution >= 4 is 6.03 Å². The van der Waals surface area contributed by atoms with Crippen LogP contribution in [0.2, 0.25) is 0 Å². The fourth-order valence-corrected chi connectivity index (χ4v) is 2.49. The highest BCUT2D eigenvalue weighted by molar-refractivity contribution is 5.73. The summed E-state index contributed by atoms with van der Waals surface area (Å²) in [5, 5.41) is 5.68. The summed E-state index contributed by atoms with van der Waals surface area (Å²) in [5.41, 5.74) is 1.11. The Bertz CT molecular complexity index is 500. The van der Waals surface area contributed by atoms with E-state index < -0.39 is 0 Å². The van der Waals surface area contributed by atoms with Crippen molar-refractivity contribution in [2.75, 3.05) is 26.5 Å². The van der Waals surface area contributed by atoms with Gasteiger partial charge in [0, 0.05) is 19.7 Å². The number of hydrogen-bond donors (Lipinski definition) is 2. The quantitative estimate of drug-likeness (QED) is 0.861. The number of benzene rings is 1. The highest BCUT2D eigenvalue weighted by Crippen LogP contribution is 2.32. The van der Waals surface area contributed by atoms with E-state index in [-0.39, 0.29) is 18.9 Å². The Balaban J connectivity index is 1.36. The molecular weight excluding hydrogens is 272 g/mol. The van der Waals surface area contributed by atoms with Crippen LogP contribution in [0.25, 0.3) is 0 Å². The smallest absolute Gasteiger partial charge is 0.314 e. The third kappa shape index (κ3) is 3.78. The molecule has 0 spiro atoms. The molecule has 2 aliphatic rings. The van der Waals surface area contributed by atoms with Crippen LogP contribution in [0.5, 0.6) is 11.5 Å². The van der Waals surface area contributed by atoms with E-state index in [0.29, 0.717) is 13.1 Å². The molecule has 3 rings (SSSR count). The Morgan fingerprint density at radius 3 is 3.00 bits per heavy atom. The lowest BCUT2D eigenvalue weighted by molar-refractivity contribution is 0.111. The number of urea groups is 1. The minimum Gasteiger partial charge on any atom is -0.454 e. The van der Waals surface area contributed by atoms with Gasteiger partial charge in [0.25, 0.3) is 0 Å². The number of carbonyl (C=O) groups excluding carboxylic acids is 1. The molecule has 2 heterocycles. The topological polar surface area (TPSA) is 68.8 Å². The van der Waals surface area contributed by atoms with Gasteiger partial charge in [-0.1, -0.05) is 6.07 Å². The van der Waals surface area contributed by atoms with Crippen LogP contribution in [0.1, 0.15) is 18.4 Å². The van der Waals surface area contributed by atoms with Gasteiger partial charge >= 0.3 is 6.03 Å². The van der Waals surface area contributed by atoms with Crippen LogP contribution in [0.3, 0.4) is 0 Å². The lowest BCUT2D eigenvalue weighted by Gasteiger charge is -2.11. The average molecular weight is 292 g/mol. The summed E-state index contributed by atoms with van der Waals surface area (Å²) in [6.07, 6.45) is 3.03. The van der Waals surface area contributed by atoms with Gasteiger partial charge in [-0.05, 0) is 37.0 Å². The third-order valence-corrected chi connectivity index (χ3v) is 3.65. The van der Waals surface area contributed by atoms with Gasteiger partial charge in [0.15, 0.2) is 11.5 Å². The summed E-state index contributed by atoms with van der Waals surface area (Å²) in [7, 11) is 0. The van der Waals surface area contributed by atoms with E-state index in [9.17, 15) is 4.79 Å². The van der Waals surface area contributed by atoms with Gasteiger partial charge in [0.05, 0.1) is 6.10 Å². The van der Waals surface area contributed by atoms with Crippen molar-refractivity contribution in [3.05, 3.63) is 23.8 Å². The lowest BCUT2D eigenvalue weighted by Crippen LogP contribution is -2.40. The maximum absolute atomic E-state index is 11.7. The Morgan fingerprint density at radius 2 is 2.14 bits per heavy atom. The lowest BCUT2D eigenvalue weighted by atomic mass is 10.1. The number of fused-ring (bicyclic) bond motifs is 1. The Hall–Kier alpha value is -1.95. The van der Waals surface area contributed by atoms with Crippen molar-refractivity contribution < 1.29 is 19.0 Å². The molecule has 1 aromatic rings. The molecule has 2 aliphatic heterocycles. The summed E-state index contributed by atoms with van der Waals surface area (Å²) >= 11 is 0. The summed E-state index contributed by atoms with van der Waals surface area (Å²) in [5.74, 6) is 1.55. The molecule has 21 heavy (non-hydrogen) atoms. The van der Waals surface area contributed by atoms with Gasteiger partial charge in [0.2, 0.25) is 6.79 Å². The summed E-state index contributed by atoms with van der Waals surface area (Å²) in [6, 6.07) is 5.69. The standard InChI is InChI=1S/C15H20N2O4/c18-15(17-9-12-2-1-7-19-12)16-6-5-11-3-4-13-14(8-11)21-10-20-13/h3-4,8,12H,1-2,5-7,9-10H2,(H2,16,17,18)/t12-/m0/s1. The van der Waals surface area contributed by atoms with Crippen molar-refractivity contribution in [1.82, 2.24) is 10.6 Å². The molecule has 0 radical (unpaired) electrons. The third-order valence-electron chi connectivity index (χ3n) is 3.65. The number of ether oxygens (including phenoxy) is 3. The highest BCUT2D eigenvalue weighted by Gasteiger charge is 2.16. The molecule has 6 nitrogen and oxygen atoms in total. The summed E-state index contributed by atoms with van der Waals surface area (Å²) in [4.78, 5) is 11.7. The number of rotatable bonds is 5. The minimum atomic E-state index is -0.147. The van der Waals surface area contributed by atoms with Crippen molar-refractivity contribution in [2.24, 2.45) is 0 Å². The second-order valence-electron chi connectivity index (χ2n) is 5.21. The Labute approximate surface area is 123 Å². The number of amides is 2. The predicted molar refractivity (Wildman–Crippen MR) is 76.6 cm³/mol. The molecule has 114 valence electrons. The van der Waals surface area contributed by atoms with E-state index in [4.69, 9.17) is 14.2 Å². The van der Waals surface area contributed by atoms with Crippen LogP contribution in [-0.4, -0.2) is 38.6 Å². The molecule has 2 amide bonds. The molecular formula is C15H20N2O4. The maximum atomic E-state index is 11.7. The van der Waals surface area contributed by atoms with Gasteiger partial charge in [0.1, 0.15) is 0 Å². The maximum Gasteiger partial charge on any atom is 0.314 e. The molecule has 6 heteroatoms. The van der Waals surface area contributed by atoms with Crippen molar-refractivity contribution in [2.45, 2.75) is 25.4 Å². The first-order chi connectivity index (χ1) is 10.3. The highest BCUT2D eigenvalue weighted by atomic mass is 16.7. The van der Waals surface area contributed by atoms with Crippen LogP contribution in [-0.2, 0) is 11.2 Å². The van der Waals surface area contributed by atoms with Crippen molar-refractivity contribution in [3.63, 3.8) is 0 Å². The second-order valence-corrected chi connectivity index (χ2v) is 5.21. The monoisotopic (exact) mass is 292 g/mol. The predicted octanol–water partition coefficient (Wildman–Crippen LogP) is 1.44. The molecule has 1 atom stereocenters. The van der Waals surface area contributed by atoms with Crippen molar-refractivity contribution in [3.8, 4) is 11.5 Å². The fourth-order valence-electron chi connectivity index (χ4n) is 2.49. The molecule has 1 aromatic carbocycles. The summed E-state index contributed by atoms with van der Waals surface area (Å²) < 4.78 is 16.0. The van der Waals surface area contributed by atoms with Gasteiger partial charge in [-0.25, -0.2) is 4.79 Å². The second kappa shape index (κ2) is 6.67. The fraction of sp³-hybridized carbons (Fsp3) is 0.533. The zero-order valence-electron chi connectivity index (χ0n) is 11.9. The molecule has 0 saturated carbocycles. The van der Waals surface area contributed by atoms with E-state index >= 15 is 0 Å². The first-order valence-corrected chi connectivity index (χ1v) is 7.33. The molecule has 0 unspecified atom stereocenters. The van der Waals surface area contributed by atoms with E-state index in [1.807, 2.05) is 18.2 Å². The normalized spacial score (nSPS) is 19.5. The minimum absolute atomic E-state index is 0.147. The zero-order chi connectivity index (χ0) is 14.5. The van der Waals surface area contributed by atoms with Gasteiger partial charge in [-0.3, -0.25) is 0 Å². The van der Waals surface area contributed by atoms with Crippen LogP contribution in [0, 0.1) is 0 Å². The molecule has 0 aliphatic carbocycles. The molecule has 0 bridgehead atoms. The number of carbonyl (C=O) groups is 1. The van der Waals surface area contributed by atoms with Crippen LogP contribution >= 0.6 is 0 Å². The van der Waals surface area contributed by atoms with Crippen LogP contribution in [0.15, 0.2) is 18.2 Å². The van der Waals surface area contributed by atoms with Gasteiger partial charge < -0.3 is 24.8 Å². The van der Waals surface area contributed by atoms with E-state index in [1.54, 1.807) is 0 Å². The van der Waals surface area contributed by atoms with Crippen molar-refractivity contribution in [1.29, 1.82) is 0 Å². The van der Waals surface area contributed by atoms with Crippen LogP contribution < -0.4 is 20.1 Å². The Kier molecular flexibility index (Phi) is 4.45. The van der Waals surface area contributed by atoms with Gasteiger partial charge in [-0.2, -0.15) is 0 Å². The van der Waals surface area contributed by atoms with E-state index in [2.05, 4.69) is 10.6 Å². The molecule has 0 aromatic heterocycles. The zero-order valence-corrected chi connectivity index (χ0v) is 11.9.